The maximum atomic E-state index is 12.3. The van der Waals surface area contributed by atoms with Gasteiger partial charge in [0.05, 0.1) is 5.57 Å². The Morgan fingerprint density at radius 2 is 2.00 bits per heavy atom. The number of nitrogens with zero attached hydrogens (tertiary/aromatic N) is 2. The Morgan fingerprint density at radius 3 is 2.75 bits per heavy atom. The van der Waals surface area contributed by atoms with Crippen LogP contribution in [-0.2, 0) is 4.79 Å². The van der Waals surface area contributed by atoms with E-state index in [1.807, 2.05) is 24.3 Å². The molecule has 0 aliphatic carbocycles. The Morgan fingerprint density at radius 1 is 1.25 bits per heavy atom. The van der Waals surface area contributed by atoms with E-state index in [9.17, 15) is 4.79 Å². The molecule has 1 fully saturated rings. The first-order valence-corrected chi connectivity index (χ1v) is 9.31. The van der Waals surface area contributed by atoms with Gasteiger partial charge in [-0.1, -0.05) is 22.9 Å². The number of halogens is 1. The number of amides is 1. The molecule has 0 bridgehead atoms. The van der Waals surface area contributed by atoms with Crippen molar-refractivity contribution in [1.29, 1.82) is 0 Å². The molecule has 1 saturated heterocycles. The lowest BCUT2D eigenvalue weighted by molar-refractivity contribution is -0.117. The molecule has 6 heteroatoms. The van der Waals surface area contributed by atoms with E-state index in [1.54, 1.807) is 0 Å². The van der Waals surface area contributed by atoms with Crippen LogP contribution in [0, 0.1) is 0 Å². The van der Waals surface area contributed by atoms with Crippen LogP contribution in [0.25, 0.3) is 6.08 Å². The minimum atomic E-state index is -0.0344. The Labute approximate surface area is 151 Å². The molecule has 130 valence electrons. The average molecular weight is 394 g/mol. The van der Waals surface area contributed by atoms with E-state index < -0.39 is 0 Å². The molecule has 3 rings (SSSR count). The van der Waals surface area contributed by atoms with E-state index in [4.69, 9.17) is 4.74 Å². The maximum Gasteiger partial charge on any atom is 0.250 e. The smallest absolute Gasteiger partial charge is 0.250 e. The highest BCUT2D eigenvalue weighted by Crippen LogP contribution is 2.29. The molecule has 5 nitrogen and oxygen atoms in total. The second kappa shape index (κ2) is 8.14. The molecule has 2 aliphatic heterocycles. The maximum absolute atomic E-state index is 12.3. The molecule has 0 radical (unpaired) electrons. The van der Waals surface area contributed by atoms with Crippen molar-refractivity contribution in [1.82, 2.24) is 15.1 Å². The van der Waals surface area contributed by atoms with Crippen LogP contribution in [-0.4, -0.2) is 68.1 Å². The lowest BCUT2D eigenvalue weighted by Gasteiger charge is -2.34. The van der Waals surface area contributed by atoms with Crippen molar-refractivity contribution >= 4 is 27.9 Å². The summed E-state index contributed by atoms with van der Waals surface area (Å²) >= 11 is 3.45. The molecule has 0 spiro atoms. The minimum absolute atomic E-state index is 0.0344. The number of benzene rings is 1. The van der Waals surface area contributed by atoms with Crippen LogP contribution in [0.1, 0.15) is 12.5 Å². The van der Waals surface area contributed by atoms with Gasteiger partial charge >= 0.3 is 0 Å². The van der Waals surface area contributed by atoms with Crippen molar-refractivity contribution in [2.75, 3.05) is 52.4 Å². The number of piperazine rings is 1. The number of carbonyl (C=O) groups is 1. The predicted octanol–water partition coefficient (Wildman–Crippen LogP) is 1.98. The number of likely N-dealkylation sites (N-methyl/N-ethyl adjacent to an activating group) is 1. The molecule has 0 unspecified atom stereocenters. The first kappa shape index (κ1) is 17.5. The fourth-order valence-corrected chi connectivity index (χ4v) is 3.43. The van der Waals surface area contributed by atoms with Crippen molar-refractivity contribution in [2.45, 2.75) is 6.92 Å². The summed E-state index contributed by atoms with van der Waals surface area (Å²) in [5.74, 6) is 0.788. The lowest BCUT2D eigenvalue weighted by Crippen LogP contribution is -2.48. The van der Waals surface area contributed by atoms with Crippen LogP contribution >= 0.6 is 15.9 Å². The second-order valence-electron chi connectivity index (χ2n) is 6.17. The van der Waals surface area contributed by atoms with Crippen LogP contribution in [0.5, 0.6) is 5.75 Å². The van der Waals surface area contributed by atoms with Gasteiger partial charge in [0.2, 0.25) is 0 Å². The molecule has 2 aliphatic rings. The normalized spacial score (nSPS) is 18.5. The lowest BCUT2D eigenvalue weighted by atomic mass is 10.1. The molecule has 0 aromatic heterocycles. The molecule has 0 atom stereocenters. The zero-order chi connectivity index (χ0) is 16.9. The third-order valence-electron chi connectivity index (χ3n) is 4.60. The van der Waals surface area contributed by atoms with Crippen molar-refractivity contribution in [3.63, 3.8) is 0 Å². The molecule has 0 saturated carbocycles. The van der Waals surface area contributed by atoms with Gasteiger partial charge < -0.3 is 15.0 Å². The van der Waals surface area contributed by atoms with E-state index in [0.29, 0.717) is 18.7 Å². The zero-order valence-corrected chi connectivity index (χ0v) is 15.6. The molecule has 1 amide bonds. The molecular weight excluding hydrogens is 370 g/mol. The van der Waals surface area contributed by atoms with E-state index >= 15 is 0 Å². The molecule has 1 aromatic rings. The standard InChI is InChI=1S/C18H24BrN3O2/c1-2-21-7-9-22(10-8-21)6-5-20-18(23)15-11-14-12-16(19)3-4-17(14)24-13-15/h3-4,11-12H,2,5-10,13H2,1H3,(H,20,23). The van der Waals surface area contributed by atoms with Gasteiger partial charge in [-0.15, -0.1) is 0 Å². The number of hydrogen-bond acceptors (Lipinski definition) is 4. The van der Waals surface area contributed by atoms with Crippen LogP contribution < -0.4 is 10.1 Å². The number of fused-ring (bicyclic) bond motifs is 1. The third kappa shape index (κ3) is 4.37. The highest BCUT2D eigenvalue weighted by atomic mass is 79.9. The summed E-state index contributed by atoms with van der Waals surface area (Å²) in [6.45, 7) is 9.63. The number of rotatable bonds is 5. The van der Waals surface area contributed by atoms with Gasteiger partial charge in [-0.25, -0.2) is 0 Å². The summed E-state index contributed by atoms with van der Waals surface area (Å²) in [5.41, 5.74) is 1.62. The van der Waals surface area contributed by atoms with Crippen molar-refractivity contribution in [3.05, 3.63) is 33.8 Å². The SMILES string of the molecule is CCN1CCN(CCNC(=O)C2=Cc3cc(Br)ccc3OC2)CC1. The molecule has 24 heavy (non-hydrogen) atoms. The summed E-state index contributed by atoms with van der Waals surface area (Å²) in [6.07, 6.45) is 1.92. The number of hydrogen-bond donors (Lipinski definition) is 1. The van der Waals surface area contributed by atoms with E-state index in [-0.39, 0.29) is 5.91 Å². The van der Waals surface area contributed by atoms with E-state index in [2.05, 4.69) is 38.0 Å². The van der Waals surface area contributed by atoms with Gasteiger partial charge in [0.15, 0.2) is 0 Å². The van der Waals surface area contributed by atoms with Gasteiger partial charge in [-0.05, 0) is 30.8 Å². The highest BCUT2D eigenvalue weighted by Gasteiger charge is 2.18. The van der Waals surface area contributed by atoms with Crippen LogP contribution in [0.2, 0.25) is 0 Å². The Kier molecular flexibility index (Phi) is 5.92. The van der Waals surface area contributed by atoms with Crippen molar-refractivity contribution in [2.24, 2.45) is 0 Å². The monoisotopic (exact) mass is 393 g/mol. The quantitative estimate of drug-likeness (QED) is 0.830. The third-order valence-corrected chi connectivity index (χ3v) is 5.10. The second-order valence-corrected chi connectivity index (χ2v) is 7.09. The summed E-state index contributed by atoms with van der Waals surface area (Å²) in [4.78, 5) is 17.2. The number of ether oxygens (including phenoxy) is 1. The highest BCUT2D eigenvalue weighted by molar-refractivity contribution is 9.10. The number of nitrogens with one attached hydrogen (secondary N) is 1. The van der Waals surface area contributed by atoms with Gasteiger partial charge in [-0.3, -0.25) is 9.69 Å². The summed E-state index contributed by atoms with van der Waals surface area (Å²) in [7, 11) is 0. The fraction of sp³-hybridized carbons (Fsp3) is 0.500. The van der Waals surface area contributed by atoms with E-state index in [0.717, 1.165) is 55.1 Å². The van der Waals surface area contributed by atoms with Crippen molar-refractivity contribution < 1.29 is 9.53 Å². The minimum Gasteiger partial charge on any atom is -0.488 e. The van der Waals surface area contributed by atoms with Gasteiger partial charge in [0.1, 0.15) is 12.4 Å². The topological polar surface area (TPSA) is 44.8 Å². The first-order chi connectivity index (χ1) is 11.7. The van der Waals surface area contributed by atoms with Crippen molar-refractivity contribution in [3.8, 4) is 5.75 Å². The Balaban J connectivity index is 1.47. The average Bonchev–Trinajstić information content (AvgIpc) is 2.61. The summed E-state index contributed by atoms with van der Waals surface area (Å²) < 4.78 is 6.65. The largest absolute Gasteiger partial charge is 0.488 e. The molecule has 2 heterocycles. The Hall–Kier alpha value is -1.37. The molecular formula is C18H24BrN3O2. The Bertz CT molecular complexity index is 625. The van der Waals surface area contributed by atoms with Crippen LogP contribution in [0.4, 0.5) is 0 Å². The van der Waals surface area contributed by atoms with Gasteiger partial charge in [0, 0.05) is 49.3 Å². The van der Waals surface area contributed by atoms with E-state index in [1.165, 1.54) is 0 Å². The van der Waals surface area contributed by atoms with Gasteiger partial charge in [-0.2, -0.15) is 0 Å². The molecule has 1 N–H and O–H groups in total. The molecule has 1 aromatic carbocycles. The number of carbonyl (C=O) groups excluding carboxylic acids is 1. The first-order valence-electron chi connectivity index (χ1n) is 8.51. The van der Waals surface area contributed by atoms with Crippen LogP contribution in [0.15, 0.2) is 28.2 Å². The summed E-state index contributed by atoms with van der Waals surface area (Å²) in [5, 5.41) is 3.02. The summed E-state index contributed by atoms with van der Waals surface area (Å²) in [6, 6.07) is 5.82. The zero-order valence-electron chi connectivity index (χ0n) is 14.1. The van der Waals surface area contributed by atoms with Gasteiger partial charge in [0.25, 0.3) is 5.91 Å². The van der Waals surface area contributed by atoms with Crippen LogP contribution in [0.3, 0.4) is 0 Å². The fourth-order valence-electron chi connectivity index (χ4n) is 3.05. The predicted molar refractivity (Wildman–Crippen MR) is 99.2 cm³/mol.